The van der Waals surface area contributed by atoms with Crippen LogP contribution in [0.2, 0.25) is 0 Å². The molecule has 0 fully saturated rings. The smallest absolute Gasteiger partial charge is 0.327 e. The number of hydrogen-bond donors (Lipinski definition) is 1. The lowest BCUT2D eigenvalue weighted by Gasteiger charge is -2.22. The maximum Gasteiger partial charge on any atom is 0.327 e. The van der Waals surface area contributed by atoms with Gasteiger partial charge in [-0.15, -0.1) is 0 Å². The van der Waals surface area contributed by atoms with Gasteiger partial charge in [-0.05, 0) is 30.4 Å². The number of nitrogens with two attached hydrogens (primary N) is 1. The van der Waals surface area contributed by atoms with Gasteiger partial charge in [-0.3, -0.25) is 0 Å². The Hall–Kier alpha value is -1.35. The molecule has 0 radical (unpaired) electrons. The van der Waals surface area contributed by atoms with Crippen molar-refractivity contribution in [1.29, 1.82) is 0 Å². The van der Waals surface area contributed by atoms with Crippen LogP contribution in [0.1, 0.15) is 50.4 Å². The molecule has 0 aliphatic carbocycles. The fourth-order valence-corrected chi connectivity index (χ4v) is 1.79. The van der Waals surface area contributed by atoms with Crippen LogP contribution in [-0.2, 0) is 14.9 Å². The first-order valence-electron chi connectivity index (χ1n) is 6.30. The molecule has 100 valence electrons. The van der Waals surface area contributed by atoms with Gasteiger partial charge in [0.2, 0.25) is 0 Å². The van der Waals surface area contributed by atoms with Gasteiger partial charge in [-0.1, -0.05) is 44.5 Å². The molecule has 1 aromatic carbocycles. The standard InChI is InChI=1S/C15H23NO2/c1-6-18-14(17)13(16)11-7-10(2)8-12(9-11)15(3,4)5/h7-9,13H,6,16H2,1-5H3. The van der Waals surface area contributed by atoms with Gasteiger partial charge in [0.1, 0.15) is 6.04 Å². The minimum absolute atomic E-state index is 0.0369. The van der Waals surface area contributed by atoms with Crippen molar-refractivity contribution in [1.82, 2.24) is 0 Å². The van der Waals surface area contributed by atoms with Crippen molar-refractivity contribution in [3.63, 3.8) is 0 Å². The van der Waals surface area contributed by atoms with E-state index in [4.69, 9.17) is 10.5 Å². The van der Waals surface area contributed by atoms with Crippen LogP contribution < -0.4 is 5.73 Å². The van der Waals surface area contributed by atoms with Crippen molar-refractivity contribution >= 4 is 5.97 Å². The zero-order chi connectivity index (χ0) is 13.9. The predicted octanol–water partition coefficient (Wildman–Crippen LogP) is 2.86. The van der Waals surface area contributed by atoms with Crippen LogP contribution in [0.25, 0.3) is 0 Å². The lowest BCUT2D eigenvalue weighted by Crippen LogP contribution is -2.24. The third-order valence-electron chi connectivity index (χ3n) is 2.87. The van der Waals surface area contributed by atoms with Gasteiger partial charge in [0.05, 0.1) is 6.61 Å². The molecule has 18 heavy (non-hydrogen) atoms. The van der Waals surface area contributed by atoms with Crippen molar-refractivity contribution in [3.05, 3.63) is 34.9 Å². The van der Waals surface area contributed by atoms with E-state index in [2.05, 4.69) is 26.8 Å². The summed E-state index contributed by atoms with van der Waals surface area (Å²) < 4.78 is 4.96. The zero-order valence-electron chi connectivity index (χ0n) is 11.9. The number of carbonyl (C=O) groups excluding carboxylic acids is 1. The fraction of sp³-hybridized carbons (Fsp3) is 0.533. The molecule has 1 aromatic rings. The summed E-state index contributed by atoms with van der Waals surface area (Å²) in [5.74, 6) is -0.372. The topological polar surface area (TPSA) is 52.3 Å². The summed E-state index contributed by atoms with van der Waals surface area (Å²) in [4.78, 5) is 11.7. The van der Waals surface area contributed by atoms with E-state index in [1.807, 2.05) is 19.1 Å². The van der Waals surface area contributed by atoms with E-state index < -0.39 is 6.04 Å². The molecule has 0 bridgehead atoms. The lowest BCUT2D eigenvalue weighted by molar-refractivity contribution is -0.144. The van der Waals surface area contributed by atoms with Crippen LogP contribution >= 0.6 is 0 Å². The van der Waals surface area contributed by atoms with E-state index in [0.29, 0.717) is 6.61 Å². The summed E-state index contributed by atoms with van der Waals surface area (Å²) in [7, 11) is 0. The number of hydrogen-bond acceptors (Lipinski definition) is 3. The van der Waals surface area contributed by atoms with Gasteiger partial charge in [0, 0.05) is 0 Å². The molecule has 1 rings (SSSR count). The van der Waals surface area contributed by atoms with Gasteiger partial charge in [0.15, 0.2) is 0 Å². The highest BCUT2D eigenvalue weighted by Gasteiger charge is 2.20. The van der Waals surface area contributed by atoms with Crippen molar-refractivity contribution in [2.24, 2.45) is 5.73 Å². The third-order valence-corrected chi connectivity index (χ3v) is 2.87. The normalized spacial score (nSPS) is 13.2. The number of carbonyl (C=O) groups is 1. The molecule has 1 unspecified atom stereocenters. The van der Waals surface area contributed by atoms with Gasteiger partial charge < -0.3 is 10.5 Å². The molecular weight excluding hydrogens is 226 g/mol. The molecule has 0 saturated heterocycles. The quantitative estimate of drug-likeness (QED) is 0.838. The number of esters is 1. The summed E-state index contributed by atoms with van der Waals surface area (Å²) in [6.07, 6.45) is 0. The largest absolute Gasteiger partial charge is 0.465 e. The molecule has 0 aliphatic rings. The second-order valence-electron chi connectivity index (χ2n) is 5.61. The maximum atomic E-state index is 11.7. The predicted molar refractivity (Wildman–Crippen MR) is 73.4 cm³/mol. The van der Waals surface area contributed by atoms with E-state index in [9.17, 15) is 4.79 Å². The minimum atomic E-state index is -0.703. The van der Waals surface area contributed by atoms with E-state index >= 15 is 0 Å². The zero-order valence-corrected chi connectivity index (χ0v) is 11.9. The summed E-state index contributed by atoms with van der Waals surface area (Å²) in [6.45, 7) is 10.6. The maximum absolute atomic E-state index is 11.7. The first kappa shape index (κ1) is 14.7. The first-order chi connectivity index (χ1) is 8.25. The number of ether oxygens (including phenoxy) is 1. The Kier molecular flexibility index (Phi) is 4.52. The molecule has 3 nitrogen and oxygen atoms in total. The average molecular weight is 249 g/mol. The second-order valence-corrected chi connectivity index (χ2v) is 5.61. The summed E-state index contributed by atoms with van der Waals surface area (Å²) >= 11 is 0. The average Bonchev–Trinajstić information content (AvgIpc) is 2.26. The molecule has 2 N–H and O–H groups in total. The Morgan fingerprint density at radius 3 is 2.44 bits per heavy atom. The molecule has 0 spiro atoms. The van der Waals surface area contributed by atoms with Gasteiger partial charge >= 0.3 is 5.97 Å². The van der Waals surface area contributed by atoms with Crippen molar-refractivity contribution in [2.75, 3.05) is 6.61 Å². The molecule has 0 amide bonds. The Morgan fingerprint density at radius 1 is 1.33 bits per heavy atom. The van der Waals surface area contributed by atoms with E-state index in [0.717, 1.165) is 11.1 Å². The number of benzene rings is 1. The molecule has 0 heterocycles. The van der Waals surface area contributed by atoms with E-state index in [-0.39, 0.29) is 11.4 Å². The van der Waals surface area contributed by atoms with Crippen molar-refractivity contribution in [2.45, 2.75) is 46.1 Å². The summed E-state index contributed by atoms with van der Waals surface area (Å²) in [5.41, 5.74) is 9.07. The molecule has 0 aromatic heterocycles. The van der Waals surface area contributed by atoms with Gasteiger partial charge in [-0.25, -0.2) is 4.79 Å². The monoisotopic (exact) mass is 249 g/mol. The Morgan fingerprint density at radius 2 is 1.94 bits per heavy atom. The van der Waals surface area contributed by atoms with Gasteiger partial charge in [0.25, 0.3) is 0 Å². The molecule has 0 aliphatic heterocycles. The van der Waals surface area contributed by atoms with E-state index in [1.165, 1.54) is 5.56 Å². The van der Waals surface area contributed by atoms with Crippen LogP contribution in [0.4, 0.5) is 0 Å². The molecule has 3 heteroatoms. The molecule has 0 saturated carbocycles. The Balaban J connectivity index is 3.10. The minimum Gasteiger partial charge on any atom is -0.465 e. The van der Waals surface area contributed by atoms with Crippen LogP contribution in [0.3, 0.4) is 0 Å². The highest BCUT2D eigenvalue weighted by Crippen LogP contribution is 2.26. The van der Waals surface area contributed by atoms with Crippen molar-refractivity contribution < 1.29 is 9.53 Å². The fourth-order valence-electron chi connectivity index (χ4n) is 1.79. The molecular formula is C15H23NO2. The number of aryl methyl sites for hydroxylation is 1. The third kappa shape index (κ3) is 3.57. The van der Waals surface area contributed by atoms with E-state index in [1.54, 1.807) is 6.92 Å². The summed E-state index contributed by atoms with van der Waals surface area (Å²) in [6, 6.07) is 5.36. The molecule has 1 atom stereocenters. The second kappa shape index (κ2) is 5.53. The van der Waals surface area contributed by atoms with Crippen LogP contribution in [0, 0.1) is 6.92 Å². The SMILES string of the molecule is CCOC(=O)C(N)c1cc(C)cc(C(C)(C)C)c1. The highest BCUT2D eigenvalue weighted by atomic mass is 16.5. The highest BCUT2D eigenvalue weighted by molar-refractivity contribution is 5.77. The van der Waals surface area contributed by atoms with Gasteiger partial charge in [-0.2, -0.15) is 0 Å². The Labute approximate surface area is 109 Å². The Bertz CT molecular complexity index is 433. The summed E-state index contributed by atoms with van der Waals surface area (Å²) in [5, 5.41) is 0. The van der Waals surface area contributed by atoms with Crippen LogP contribution in [0.15, 0.2) is 18.2 Å². The van der Waals surface area contributed by atoms with Crippen LogP contribution in [0.5, 0.6) is 0 Å². The number of rotatable bonds is 3. The van der Waals surface area contributed by atoms with Crippen molar-refractivity contribution in [3.8, 4) is 0 Å². The lowest BCUT2D eigenvalue weighted by atomic mass is 9.84. The first-order valence-corrected chi connectivity index (χ1v) is 6.30. The van der Waals surface area contributed by atoms with Crippen LogP contribution in [-0.4, -0.2) is 12.6 Å².